The second-order valence-electron chi connectivity index (χ2n) is 4.93. The number of phenols is 1. The molecule has 1 aromatic rings. The van der Waals surface area contributed by atoms with Gasteiger partial charge in [-0.2, -0.15) is 13.2 Å². The van der Waals surface area contributed by atoms with Crippen molar-refractivity contribution in [3.63, 3.8) is 0 Å². The number of aromatic hydroxyl groups is 1. The molecule has 7 heteroatoms. The Labute approximate surface area is 120 Å². The van der Waals surface area contributed by atoms with Crippen molar-refractivity contribution in [1.82, 2.24) is 0 Å². The Morgan fingerprint density at radius 2 is 1.75 bits per heavy atom. The third-order valence-corrected chi connectivity index (χ3v) is 3.71. The maximum Gasteiger partial charge on any atom is 0.416 e. The summed E-state index contributed by atoms with van der Waals surface area (Å²) in [5.74, 6) is -2.19. The highest BCUT2D eigenvalue weighted by Gasteiger charge is 2.39. The van der Waals surface area contributed by atoms with E-state index in [1.807, 2.05) is 0 Å². The van der Waals surface area contributed by atoms with Crippen molar-refractivity contribution in [3.8, 4) is 5.75 Å². The van der Waals surface area contributed by atoms with Gasteiger partial charge in [-0.1, -0.05) is 12.8 Å². The minimum absolute atomic E-state index is 0. The molecule has 0 unspecified atom stereocenters. The molecule has 1 fully saturated rings. The molecule has 1 aliphatic rings. The number of hydrogen-bond donors (Lipinski definition) is 2. The fourth-order valence-electron chi connectivity index (χ4n) is 2.72. The number of halogens is 5. The SMILES string of the molecule is Cl.N[C@H](c1c(C(F)(F)F)ccc(F)c1O)C1CCCC1. The van der Waals surface area contributed by atoms with E-state index in [0.29, 0.717) is 25.0 Å². The summed E-state index contributed by atoms with van der Waals surface area (Å²) in [4.78, 5) is 0. The maximum atomic E-state index is 13.3. The molecule has 0 radical (unpaired) electrons. The summed E-state index contributed by atoms with van der Waals surface area (Å²) in [6.07, 6.45) is -1.45. The summed E-state index contributed by atoms with van der Waals surface area (Å²) in [5, 5.41) is 9.62. The van der Waals surface area contributed by atoms with E-state index in [0.717, 1.165) is 12.8 Å². The van der Waals surface area contributed by atoms with Crippen LogP contribution in [0.5, 0.6) is 5.75 Å². The second kappa shape index (κ2) is 6.18. The van der Waals surface area contributed by atoms with E-state index in [1.165, 1.54) is 0 Å². The van der Waals surface area contributed by atoms with Gasteiger partial charge in [0.25, 0.3) is 0 Å². The largest absolute Gasteiger partial charge is 0.505 e. The Bertz CT molecular complexity index is 472. The monoisotopic (exact) mass is 313 g/mol. The van der Waals surface area contributed by atoms with E-state index < -0.39 is 34.9 Å². The Hall–Kier alpha value is -1.01. The van der Waals surface area contributed by atoms with Gasteiger partial charge in [0, 0.05) is 11.6 Å². The molecule has 2 rings (SSSR count). The van der Waals surface area contributed by atoms with Crippen LogP contribution in [0.3, 0.4) is 0 Å². The Morgan fingerprint density at radius 3 is 2.25 bits per heavy atom. The van der Waals surface area contributed by atoms with Gasteiger partial charge in [0.05, 0.1) is 5.56 Å². The summed E-state index contributed by atoms with van der Waals surface area (Å²) in [6, 6.07) is 0.261. The molecule has 0 bridgehead atoms. The number of nitrogens with two attached hydrogens (primary N) is 1. The lowest BCUT2D eigenvalue weighted by molar-refractivity contribution is -0.138. The van der Waals surface area contributed by atoms with Crippen molar-refractivity contribution < 1.29 is 22.7 Å². The van der Waals surface area contributed by atoms with Gasteiger partial charge in [0.15, 0.2) is 11.6 Å². The molecule has 1 aromatic carbocycles. The van der Waals surface area contributed by atoms with Crippen molar-refractivity contribution in [2.45, 2.75) is 37.9 Å². The standard InChI is InChI=1S/C13H15F4NO.ClH/c14-9-6-5-8(13(15,16)17)10(12(9)19)11(18)7-3-1-2-4-7;/h5-7,11,19H,1-4,18H2;1H/t11-;/m0./s1. The van der Waals surface area contributed by atoms with Crippen molar-refractivity contribution in [1.29, 1.82) is 0 Å². The Morgan fingerprint density at radius 1 is 1.20 bits per heavy atom. The highest BCUT2D eigenvalue weighted by Crippen LogP contribution is 2.44. The number of rotatable bonds is 2. The highest BCUT2D eigenvalue weighted by atomic mass is 35.5. The van der Waals surface area contributed by atoms with Crippen molar-refractivity contribution in [2.75, 3.05) is 0 Å². The fraction of sp³-hybridized carbons (Fsp3) is 0.538. The lowest BCUT2D eigenvalue weighted by Crippen LogP contribution is -2.23. The van der Waals surface area contributed by atoms with Crippen LogP contribution in [0.4, 0.5) is 17.6 Å². The predicted molar refractivity (Wildman–Crippen MR) is 69.2 cm³/mol. The molecule has 114 valence electrons. The minimum Gasteiger partial charge on any atom is -0.505 e. The van der Waals surface area contributed by atoms with Crippen molar-refractivity contribution in [2.24, 2.45) is 11.7 Å². The van der Waals surface area contributed by atoms with E-state index in [9.17, 15) is 22.7 Å². The molecule has 0 aromatic heterocycles. The summed E-state index contributed by atoms with van der Waals surface area (Å²) >= 11 is 0. The smallest absolute Gasteiger partial charge is 0.416 e. The molecule has 1 aliphatic carbocycles. The number of hydrogen-bond acceptors (Lipinski definition) is 2. The van der Waals surface area contributed by atoms with Crippen LogP contribution in [-0.4, -0.2) is 5.11 Å². The Balaban J connectivity index is 0.00000200. The zero-order valence-corrected chi connectivity index (χ0v) is 11.4. The highest BCUT2D eigenvalue weighted by molar-refractivity contribution is 5.85. The van der Waals surface area contributed by atoms with Gasteiger partial charge in [-0.05, 0) is 30.9 Å². The maximum absolute atomic E-state index is 13.3. The Kier molecular flexibility index (Phi) is 5.27. The van der Waals surface area contributed by atoms with Gasteiger partial charge in [-0.15, -0.1) is 12.4 Å². The van der Waals surface area contributed by atoms with Gasteiger partial charge in [0.2, 0.25) is 0 Å². The normalized spacial score (nSPS) is 17.9. The first-order valence-electron chi connectivity index (χ1n) is 6.16. The van der Waals surface area contributed by atoms with E-state index >= 15 is 0 Å². The molecular weight excluding hydrogens is 298 g/mol. The molecule has 0 aliphatic heterocycles. The molecular formula is C13H16ClF4NO. The summed E-state index contributed by atoms with van der Waals surface area (Å²) in [5.41, 5.74) is 4.28. The first-order chi connectivity index (χ1) is 8.82. The lowest BCUT2D eigenvalue weighted by atomic mass is 9.88. The average Bonchev–Trinajstić information content (AvgIpc) is 2.83. The van der Waals surface area contributed by atoms with E-state index in [2.05, 4.69) is 0 Å². The van der Waals surface area contributed by atoms with Crippen LogP contribution >= 0.6 is 12.4 Å². The summed E-state index contributed by atoms with van der Waals surface area (Å²) in [7, 11) is 0. The number of alkyl halides is 3. The van der Waals surface area contributed by atoms with Crippen LogP contribution in [-0.2, 0) is 6.18 Å². The third-order valence-electron chi connectivity index (χ3n) is 3.71. The minimum atomic E-state index is -4.66. The molecule has 2 nitrogen and oxygen atoms in total. The first-order valence-corrected chi connectivity index (χ1v) is 6.16. The van der Waals surface area contributed by atoms with Crippen LogP contribution in [0.1, 0.15) is 42.9 Å². The van der Waals surface area contributed by atoms with Crippen molar-refractivity contribution >= 4 is 12.4 Å². The van der Waals surface area contributed by atoms with E-state index in [1.54, 1.807) is 0 Å². The molecule has 0 saturated heterocycles. The predicted octanol–water partition coefficient (Wildman–Crippen LogP) is 4.16. The molecule has 1 atom stereocenters. The van der Waals surface area contributed by atoms with Crippen LogP contribution in [0.2, 0.25) is 0 Å². The fourth-order valence-corrected chi connectivity index (χ4v) is 2.72. The van der Waals surface area contributed by atoms with Crippen LogP contribution in [0.25, 0.3) is 0 Å². The molecule has 3 N–H and O–H groups in total. The average molecular weight is 314 g/mol. The van der Waals surface area contributed by atoms with Gasteiger partial charge in [-0.3, -0.25) is 0 Å². The van der Waals surface area contributed by atoms with Gasteiger partial charge in [0.1, 0.15) is 0 Å². The second-order valence-corrected chi connectivity index (χ2v) is 4.93. The van der Waals surface area contributed by atoms with Gasteiger partial charge in [-0.25, -0.2) is 4.39 Å². The summed E-state index contributed by atoms with van der Waals surface area (Å²) < 4.78 is 52.1. The summed E-state index contributed by atoms with van der Waals surface area (Å²) in [6.45, 7) is 0. The van der Waals surface area contributed by atoms with E-state index in [4.69, 9.17) is 5.73 Å². The van der Waals surface area contributed by atoms with Crippen LogP contribution in [0, 0.1) is 11.7 Å². The molecule has 0 spiro atoms. The molecule has 0 heterocycles. The molecule has 20 heavy (non-hydrogen) atoms. The number of benzene rings is 1. The third kappa shape index (κ3) is 3.17. The topological polar surface area (TPSA) is 46.2 Å². The lowest BCUT2D eigenvalue weighted by Gasteiger charge is -2.24. The molecule has 0 amide bonds. The van der Waals surface area contributed by atoms with Crippen molar-refractivity contribution in [3.05, 3.63) is 29.1 Å². The quantitative estimate of drug-likeness (QED) is 0.805. The zero-order chi connectivity index (χ0) is 14.2. The first kappa shape index (κ1) is 17.0. The zero-order valence-electron chi connectivity index (χ0n) is 10.6. The van der Waals surface area contributed by atoms with Gasteiger partial charge < -0.3 is 10.8 Å². The number of phenolic OH excluding ortho intramolecular Hbond substituents is 1. The van der Waals surface area contributed by atoms with Gasteiger partial charge >= 0.3 is 6.18 Å². The van der Waals surface area contributed by atoms with E-state index in [-0.39, 0.29) is 18.3 Å². The van der Waals surface area contributed by atoms with Crippen LogP contribution in [0.15, 0.2) is 12.1 Å². The molecule has 1 saturated carbocycles. The van der Waals surface area contributed by atoms with Crippen LogP contribution < -0.4 is 5.73 Å².